The number of aromatic nitrogens is 2. The van der Waals surface area contributed by atoms with Crippen LogP contribution in [0.5, 0.6) is 11.5 Å². The van der Waals surface area contributed by atoms with E-state index < -0.39 is 0 Å². The number of aldehydes is 1. The van der Waals surface area contributed by atoms with Crippen LogP contribution in [0, 0.1) is 6.92 Å². The zero-order chi connectivity index (χ0) is 13.0. The average molecular weight is 248 g/mol. The number of para-hydroxylation sites is 1. The number of rotatable bonds is 5. The minimum Gasteiger partial charge on any atom is -0.493 e. The molecular weight excluding hydrogens is 236 g/mol. The molecule has 6 nitrogen and oxygen atoms in total. The summed E-state index contributed by atoms with van der Waals surface area (Å²) < 4.78 is 15.3. The zero-order valence-corrected chi connectivity index (χ0v) is 10.0. The summed E-state index contributed by atoms with van der Waals surface area (Å²) in [5, 5.41) is 7.35. The van der Waals surface area contributed by atoms with E-state index in [1.165, 1.54) is 7.11 Å². The van der Waals surface area contributed by atoms with E-state index in [1.807, 2.05) is 0 Å². The standard InChI is InChI=1S/C12H12N2O4/c1-8-10(14-18-13-8)7-17-12-9(6-15)4-3-5-11(12)16-2/h3-6H,7H2,1-2H3. The Morgan fingerprint density at radius 1 is 1.39 bits per heavy atom. The molecule has 0 radical (unpaired) electrons. The second-order valence-corrected chi connectivity index (χ2v) is 3.58. The predicted octanol–water partition coefficient (Wildman–Crippen LogP) is 1.78. The van der Waals surface area contributed by atoms with E-state index in [0.717, 1.165) is 0 Å². The molecule has 2 aromatic rings. The van der Waals surface area contributed by atoms with E-state index >= 15 is 0 Å². The van der Waals surface area contributed by atoms with Crippen LogP contribution >= 0.6 is 0 Å². The lowest BCUT2D eigenvalue weighted by atomic mass is 10.2. The molecule has 18 heavy (non-hydrogen) atoms. The maximum absolute atomic E-state index is 10.9. The van der Waals surface area contributed by atoms with Gasteiger partial charge in [-0.25, -0.2) is 4.63 Å². The molecule has 0 N–H and O–H groups in total. The molecule has 6 heteroatoms. The number of carbonyl (C=O) groups excluding carboxylic acids is 1. The molecule has 0 bridgehead atoms. The Morgan fingerprint density at radius 3 is 2.83 bits per heavy atom. The number of nitrogens with zero attached hydrogens (tertiary/aromatic N) is 2. The highest BCUT2D eigenvalue weighted by atomic mass is 16.6. The number of methoxy groups -OCH3 is 1. The first-order valence-corrected chi connectivity index (χ1v) is 5.29. The minimum atomic E-state index is 0.163. The van der Waals surface area contributed by atoms with E-state index in [0.29, 0.717) is 34.7 Å². The van der Waals surface area contributed by atoms with Gasteiger partial charge >= 0.3 is 0 Å². The van der Waals surface area contributed by atoms with Gasteiger partial charge in [0, 0.05) is 0 Å². The van der Waals surface area contributed by atoms with Gasteiger partial charge in [-0.2, -0.15) is 0 Å². The molecule has 0 saturated carbocycles. The minimum absolute atomic E-state index is 0.163. The van der Waals surface area contributed by atoms with Crippen molar-refractivity contribution >= 4 is 6.29 Å². The Bertz CT molecular complexity index is 551. The van der Waals surface area contributed by atoms with Crippen LogP contribution in [-0.2, 0) is 6.61 Å². The molecule has 0 aliphatic carbocycles. The molecule has 1 aromatic carbocycles. The first kappa shape index (κ1) is 12.1. The predicted molar refractivity (Wildman–Crippen MR) is 61.7 cm³/mol. The number of benzene rings is 1. The van der Waals surface area contributed by atoms with Crippen LogP contribution in [0.2, 0.25) is 0 Å². The Morgan fingerprint density at radius 2 is 2.22 bits per heavy atom. The third-order valence-electron chi connectivity index (χ3n) is 2.46. The van der Waals surface area contributed by atoms with Crippen molar-refractivity contribution in [2.45, 2.75) is 13.5 Å². The molecule has 2 rings (SSSR count). The molecule has 0 saturated heterocycles. The van der Waals surface area contributed by atoms with Gasteiger partial charge in [-0.1, -0.05) is 16.4 Å². The first-order chi connectivity index (χ1) is 8.76. The lowest BCUT2D eigenvalue weighted by Gasteiger charge is -2.11. The highest BCUT2D eigenvalue weighted by Crippen LogP contribution is 2.30. The quantitative estimate of drug-likeness (QED) is 0.751. The van der Waals surface area contributed by atoms with Crippen LogP contribution < -0.4 is 9.47 Å². The summed E-state index contributed by atoms with van der Waals surface area (Å²) >= 11 is 0. The van der Waals surface area contributed by atoms with Crippen molar-refractivity contribution < 1.29 is 18.9 Å². The molecular formula is C12H12N2O4. The van der Waals surface area contributed by atoms with E-state index in [1.54, 1.807) is 25.1 Å². The van der Waals surface area contributed by atoms with E-state index in [9.17, 15) is 4.79 Å². The fourth-order valence-corrected chi connectivity index (χ4v) is 1.46. The Balaban J connectivity index is 2.22. The van der Waals surface area contributed by atoms with Gasteiger partial charge < -0.3 is 9.47 Å². The lowest BCUT2D eigenvalue weighted by Crippen LogP contribution is -2.02. The van der Waals surface area contributed by atoms with Gasteiger partial charge in [-0.15, -0.1) is 0 Å². The van der Waals surface area contributed by atoms with Gasteiger partial charge in [0.25, 0.3) is 0 Å². The Hall–Kier alpha value is -2.37. The van der Waals surface area contributed by atoms with E-state index in [-0.39, 0.29) is 6.61 Å². The maximum Gasteiger partial charge on any atom is 0.172 e. The topological polar surface area (TPSA) is 74.5 Å². The van der Waals surface area contributed by atoms with Gasteiger partial charge in [0.05, 0.1) is 12.7 Å². The third kappa shape index (κ3) is 2.32. The molecule has 1 heterocycles. The molecule has 94 valence electrons. The molecule has 0 aliphatic rings. The molecule has 0 fully saturated rings. The Labute approximate surface area is 103 Å². The Kier molecular flexibility index (Phi) is 3.57. The largest absolute Gasteiger partial charge is 0.493 e. The van der Waals surface area contributed by atoms with Crippen molar-refractivity contribution in [1.29, 1.82) is 0 Å². The normalized spacial score (nSPS) is 10.1. The molecule has 0 atom stereocenters. The monoisotopic (exact) mass is 248 g/mol. The van der Waals surface area contributed by atoms with Gasteiger partial charge in [-0.05, 0) is 19.1 Å². The van der Waals surface area contributed by atoms with Crippen LogP contribution in [0.25, 0.3) is 0 Å². The molecule has 0 amide bonds. The van der Waals surface area contributed by atoms with Crippen LogP contribution in [0.4, 0.5) is 0 Å². The van der Waals surface area contributed by atoms with Crippen molar-refractivity contribution in [2.75, 3.05) is 7.11 Å². The number of hydrogen-bond acceptors (Lipinski definition) is 6. The van der Waals surface area contributed by atoms with E-state index in [2.05, 4.69) is 14.9 Å². The number of ether oxygens (including phenoxy) is 2. The summed E-state index contributed by atoms with van der Waals surface area (Å²) in [4.78, 5) is 10.9. The van der Waals surface area contributed by atoms with Gasteiger partial charge in [0.15, 0.2) is 17.8 Å². The first-order valence-electron chi connectivity index (χ1n) is 5.29. The van der Waals surface area contributed by atoms with Gasteiger partial charge in [0.1, 0.15) is 18.0 Å². The van der Waals surface area contributed by atoms with Crippen LogP contribution in [0.1, 0.15) is 21.7 Å². The van der Waals surface area contributed by atoms with Crippen molar-refractivity contribution in [1.82, 2.24) is 10.3 Å². The highest BCUT2D eigenvalue weighted by molar-refractivity contribution is 5.81. The van der Waals surface area contributed by atoms with Crippen molar-refractivity contribution in [3.8, 4) is 11.5 Å². The zero-order valence-electron chi connectivity index (χ0n) is 10.0. The van der Waals surface area contributed by atoms with Gasteiger partial charge in [-0.3, -0.25) is 4.79 Å². The molecule has 0 aliphatic heterocycles. The summed E-state index contributed by atoms with van der Waals surface area (Å²) in [6, 6.07) is 5.09. The second kappa shape index (κ2) is 5.31. The number of carbonyl (C=O) groups is 1. The highest BCUT2D eigenvalue weighted by Gasteiger charge is 2.12. The van der Waals surface area contributed by atoms with Crippen molar-refractivity contribution in [2.24, 2.45) is 0 Å². The van der Waals surface area contributed by atoms with Crippen LogP contribution in [0.15, 0.2) is 22.8 Å². The van der Waals surface area contributed by atoms with Crippen molar-refractivity contribution in [3.05, 3.63) is 35.2 Å². The average Bonchev–Trinajstić information content (AvgIpc) is 2.81. The SMILES string of the molecule is COc1cccc(C=O)c1OCc1nonc1C. The number of aryl methyl sites for hydroxylation is 1. The molecule has 0 spiro atoms. The van der Waals surface area contributed by atoms with Crippen LogP contribution in [-0.4, -0.2) is 23.7 Å². The lowest BCUT2D eigenvalue weighted by molar-refractivity contribution is 0.111. The fraction of sp³-hybridized carbons (Fsp3) is 0.250. The van der Waals surface area contributed by atoms with Gasteiger partial charge in [0.2, 0.25) is 0 Å². The van der Waals surface area contributed by atoms with Crippen LogP contribution in [0.3, 0.4) is 0 Å². The summed E-state index contributed by atoms with van der Waals surface area (Å²) in [7, 11) is 1.51. The summed E-state index contributed by atoms with van der Waals surface area (Å²) in [6.07, 6.45) is 0.714. The second-order valence-electron chi connectivity index (χ2n) is 3.58. The molecule has 1 aromatic heterocycles. The maximum atomic E-state index is 10.9. The summed E-state index contributed by atoms with van der Waals surface area (Å²) in [5.74, 6) is 0.881. The molecule has 0 unspecified atom stereocenters. The van der Waals surface area contributed by atoms with E-state index in [4.69, 9.17) is 9.47 Å². The smallest absolute Gasteiger partial charge is 0.172 e. The fourth-order valence-electron chi connectivity index (χ4n) is 1.46. The van der Waals surface area contributed by atoms with Crippen molar-refractivity contribution in [3.63, 3.8) is 0 Å². The number of hydrogen-bond donors (Lipinski definition) is 0. The summed E-state index contributed by atoms with van der Waals surface area (Å²) in [5.41, 5.74) is 1.65. The third-order valence-corrected chi connectivity index (χ3v) is 2.46. The summed E-state index contributed by atoms with van der Waals surface area (Å²) in [6.45, 7) is 1.93.